The summed E-state index contributed by atoms with van der Waals surface area (Å²) in [6, 6.07) is 5.72. The summed E-state index contributed by atoms with van der Waals surface area (Å²) < 4.78 is 13.0. The van der Waals surface area contributed by atoms with E-state index in [2.05, 4.69) is 12.2 Å². The number of hydrogen-bond donors (Lipinski definition) is 1. The molecule has 4 nitrogen and oxygen atoms in total. The van der Waals surface area contributed by atoms with Crippen molar-refractivity contribution in [2.45, 2.75) is 45.6 Å². The highest BCUT2D eigenvalue weighted by molar-refractivity contribution is 5.94. The van der Waals surface area contributed by atoms with Gasteiger partial charge in [-0.15, -0.1) is 0 Å². The molecule has 0 unspecified atom stereocenters. The lowest BCUT2D eigenvalue weighted by Gasteiger charge is -2.32. The summed E-state index contributed by atoms with van der Waals surface area (Å²) in [5, 5.41) is 3.03. The van der Waals surface area contributed by atoms with Crippen LogP contribution >= 0.6 is 0 Å². The minimum absolute atomic E-state index is 0.0301. The summed E-state index contributed by atoms with van der Waals surface area (Å²) in [5.74, 6) is -0.624. The first-order valence-electron chi connectivity index (χ1n) is 8.36. The van der Waals surface area contributed by atoms with E-state index in [0.717, 1.165) is 25.7 Å². The SMILES string of the molecule is CCC[C@@H](C)NC(=O)[C@H]1CCCN(C(=O)c2ccc(F)cc2)C1. The van der Waals surface area contributed by atoms with Crippen molar-refractivity contribution >= 4 is 11.8 Å². The van der Waals surface area contributed by atoms with Crippen LogP contribution in [0.5, 0.6) is 0 Å². The summed E-state index contributed by atoms with van der Waals surface area (Å²) in [5.41, 5.74) is 0.465. The molecule has 2 rings (SSSR count). The van der Waals surface area contributed by atoms with Gasteiger partial charge in [-0.05, 0) is 50.5 Å². The van der Waals surface area contributed by atoms with Gasteiger partial charge in [-0.25, -0.2) is 4.39 Å². The summed E-state index contributed by atoms with van der Waals surface area (Å²) in [6.07, 6.45) is 3.60. The molecule has 0 bridgehead atoms. The van der Waals surface area contributed by atoms with Gasteiger partial charge in [0, 0.05) is 24.7 Å². The van der Waals surface area contributed by atoms with Crippen LogP contribution in [-0.4, -0.2) is 35.8 Å². The Labute approximate surface area is 137 Å². The third-order valence-electron chi connectivity index (χ3n) is 4.28. The quantitative estimate of drug-likeness (QED) is 0.907. The van der Waals surface area contributed by atoms with Gasteiger partial charge in [0.1, 0.15) is 5.82 Å². The number of benzene rings is 1. The Morgan fingerprint density at radius 3 is 2.70 bits per heavy atom. The fourth-order valence-electron chi connectivity index (χ4n) is 3.02. The molecule has 1 aromatic rings. The summed E-state index contributed by atoms with van der Waals surface area (Å²) in [7, 11) is 0. The zero-order chi connectivity index (χ0) is 16.8. The molecule has 0 radical (unpaired) electrons. The Balaban J connectivity index is 1.96. The molecule has 0 aromatic heterocycles. The predicted octanol–water partition coefficient (Wildman–Crippen LogP) is 2.98. The lowest BCUT2D eigenvalue weighted by molar-refractivity contribution is -0.127. The van der Waals surface area contributed by atoms with Crippen molar-refractivity contribution in [3.63, 3.8) is 0 Å². The van der Waals surface area contributed by atoms with Crippen LogP contribution in [0.3, 0.4) is 0 Å². The number of likely N-dealkylation sites (tertiary alicyclic amines) is 1. The number of rotatable bonds is 5. The molecule has 1 saturated heterocycles. The van der Waals surface area contributed by atoms with Gasteiger partial charge >= 0.3 is 0 Å². The summed E-state index contributed by atoms with van der Waals surface area (Å²) >= 11 is 0. The van der Waals surface area contributed by atoms with Crippen LogP contribution in [0, 0.1) is 11.7 Å². The second kappa shape index (κ2) is 8.09. The molecular weight excluding hydrogens is 295 g/mol. The van der Waals surface area contributed by atoms with Crippen LogP contribution in [0.4, 0.5) is 4.39 Å². The van der Waals surface area contributed by atoms with Crippen molar-refractivity contribution < 1.29 is 14.0 Å². The van der Waals surface area contributed by atoms with Gasteiger partial charge in [0.05, 0.1) is 5.92 Å². The smallest absolute Gasteiger partial charge is 0.253 e. The summed E-state index contributed by atoms with van der Waals surface area (Å²) in [6.45, 7) is 5.17. The Kier molecular flexibility index (Phi) is 6.13. The van der Waals surface area contributed by atoms with Gasteiger partial charge in [0.2, 0.25) is 5.91 Å². The first kappa shape index (κ1) is 17.4. The number of carbonyl (C=O) groups is 2. The van der Waals surface area contributed by atoms with E-state index in [4.69, 9.17) is 0 Å². The largest absolute Gasteiger partial charge is 0.353 e. The number of piperidine rings is 1. The molecule has 2 atom stereocenters. The van der Waals surface area contributed by atoms with Crippen LogP contribution < -0.4 is 5.32 Å². The molecule has 0 spiro atoms. The van der Waals surface area contributed by atoms with E-state index in [9.17, 15) is 14.0 Å². The number of halogens is 1. The highest BCUT2D eigenvalue weighted by atomic mass is 19.1. The lowest BCUT2D eigenvalue weighted by atomic mass is 9.96. The molecule has 23 heavy (non-hydrogen) atoms. The molecular formula is C18H25FN2O2. The Bertz CT molecular complexity index is 544. The number of nitrogens with one attached hydrogen (secondary N) is 1. The van der Waals surface area contributed by atoms with E-state index in [0.29, 0.717) is 18.7 Å². The van der Waals surface area contributed by atoms with Gasteiger partial charge in [-0.2, -0.15) is 0 Å². The van der Waals surface area contributed by atoms with Gasteiger partial charge < -0.3 is 10.2 Å². The van der Waals surface area contributed by atoms with E-state index in [1.807, 2.05) is 6.92 Å². The minimum Gasteiger partial charge on any atom is -0.353 e. The van der Waals surface area contributed by atoms with E-state index in [1.165, 1.54) is 24.3 Å². The van der Waals surface area contributed by atoms with Crippen molar-refractivity contribution in [3.8, 4) is 0 Å². The van der Waals surface area contributed by atoms with E-state index in [1.54, 1.807) is 4.90 Å². The Hall–Kier alpha value is -1.91. The third kappa shape index (κ3) is 4.78. The second-order valence-electron chi connectivity index (χ2n) is 6.30. The molecule has 126 valence electrons. The van der Waals surface area contributed by atoms with E-state index in [-0.39, 0.29) is 29.6 Å². The molecule has 2 amide bonds. The zero-order valence-electron chi connectivity index (χ0n) is 13.8. The van der Waals surface area contributed by atoms with Crippen LogP contribution in [0.15, 0.2) is 24.3 Å². The molecule has 5 heteroatoms. The van der Waals surface area contributed by atoms with Crippen molar-refractivity contribution in [2.75, 3.05) is 13.1 Å². The third-order valence-corrected chi connectivity index (χ3v) is 4.28. The molecule has 1 aliphatic heterocycles. The summed E-state index contributed by atoms with van der Waals surface area (Å²) in [4.78, 5) is 26.5. The van der Waals surface area contributed by atoms with Crippen molar-refractivity contribution in [3.05, 3.63) is 35.6 Å². The van der Waals surface area contributed by atoms with Gasteiger partial charge in [-0.1, -0.05) is 13.3 Å². The maximum absolute atomic E-state index is 13.0. The standard InChI is InChI=1S/C18H25FN2O2/c1-3-5-13(2)20-17(22)15-6-4-11-21(12-15)18(23)14-7-9-16(19)10-8-14/h7-10,13,15H,3-6,11-12H2,1-2H3,(H,20,22)/t13-,15+/m1/s1. The molecule has 1 aromatic carbocycles. The zero-order valence-corrected chi connectivity index (χ0v) is 13.8. The monoisotopic (exact) mass is 320 g/mol. The fraction of sp³-hybridized carbons (Fsp3) is 0.556. The number of nitrogens with zero attached hydrogens (tertiary/aromatic N) is 1. The predicted molar refractivity (Wildman–Crippen MR) is 87.5 cm³/mol. The van der Waals surface area contributed by atoms with Crippen LogP contribution in [0.1, 0.15) is 49.9 Å². The number of amides is 2. The van der Waals surface area contributed by atoms with Gasteiger partial charge in [0.25, 0.3) is 5.91 Å². The highest BCUT2D eigenvalue weighted by Crippen LogP contribution is 2.19. The molecule has 0 aliphatic carbocycles. The van der Waals surface area contributed by atoms with Crippen molar-refractivity contribution in [1.82, 2.24) is 10.2 Å². The molecule has 1 fully saturated rings. The minimum atomic E-state index is -0.359. The molecule has 1 aliphatic rings. The maximum Gasteiger partial charge on any atom is 0.253 e. The van der Waals surface area contributed by atoms with Crippen molar-refractivity contribution in [2.24, 2.45) is 5.92 Å². The van der Waals surface area contributed by atoms with Gasteiger partial charge in [0.15, 0.2) is 0 Å². The Morgan fingerprint density at radius 2 is 2.04 bits per heavy atom. The average Bonchev–Trinajstić information content (AvgIpc) is 2.55. The Morgan fingerprint density at radius 1 is 1.35 bits per heavy atom. The fourth-order valence-corrected chi connectivity index (χ4v) is 3.02. The first-order chi connectivity index (χ1) is 11.0. The number of hydrogen-bond acceptors (Lipinski definition) is 2. The van der Waals surface area contributed by atoms with Crippen molar-refractivity contribution in [1.29, 1.82) is 0 Å². The van der Waals surface area contributed by atoms with Crippen LogP contribution in [0.2, 0.25) is 0 Å². The molecule has 0 saturated carbocycles. The second-order valence-corrected chi connectivity index (χ2v) is 6.30. The topological polar surface area (TPSA) is 49.4 Å². The van der Waals surface area contributed by atoms with Crippen LogP contribution in [0.25, 0.3) is 0 Å². The van der Waals surface area contributed by atoms with E-state index >= 15 is 0 Å². The normalized spacial score (nSPS) is 19.3. The van der Waals surface area contributed by atoms with Gasteiger partial charge in [-0.3, -0.25) is 9.59 Å². The molecule has 1 heterocycles. The first-order valence-corrected chi connectivity index (χ1v) is 8.36. The van der Waals surface area contributed by atoms with Crippen LogP contribution in [-0.2, 0) is 4.79 Å². The molecule has 1 N–H and O–H groups in total. The lowest BCUT2D eigenvalue weighted by Crippen LogP contribution is -2.47. The number of carbonyl (C=O) groups excluding carboxylic acids is 2. The van der Waals surface area contributed by atoms with E-state index < -0.39 is 0 Å². The average molecular weight is 320 g/mol. The highest BCUT2D eigenvalue weighted by Gasteiger charge is 2.29. The maximum atomic E-state index is 13.0.